The first kappa shape index (κ1) is 15.3. The van der Waals surface area contributed by atoms with Gasteiger partial charge in [0, 0.05) is 12.0 Å². The number of sulfone groups is 1. The third-order valence-corrected chi connectivity index (χ3v) is 7.39. The van der Waals surface area contributed by atoms with Gasteiger partial charge in [-0.05, 0) is 30.5 Å². The summed E-state index contributed by atoms with van der Waals surface area (Å²) in [6.07, 6.45) is 4.41. The standard InChI is InChI=1S/C15H20ClNO3S/c16-13-7-11(15(10-17)5-1-2-6-15)3-4-14(13)21(18,19)12-8-20-9-12/h3-4,7,12H,1-2,5-6,8-10,17H2. The summed E-state index contributed by atoms with van der Waals surface area (Å²) in [5.41, 5.74) is 7.01. The molecule has 1 aliphatic carbocycles. The van der Waals surface area contributed by atoms with E-state index in [1.807, 2.05) is 6.07 Å². The molecule has 21 heavy (non-hydrogen) atoms. The van der Waals surface area contributed by atoms with Gasteiger partial charge in [-0.1, -0.05) is 30.5 Å². The normalized spacial score (nSPS) is 22.2. The van der Waals surface area contributed by atoms with E-state index in [0.717, 1.165) is 31.2 Å². The fourth-order valence-electron chi connectivity index (χ4n) is 3.30. The zero-order chi connectivity index (χ0) is 15.1. The van der Waals surface area contributed by atoms with Crippen LogP contribution in [0.15, 0.2) is 23.1 Å². The molecule has 0 bridgehead atoms. The molecule has 1 heterocycles. The van der Waals surface area contributed by atoms with Gasteiger partial charge < -0.3 is 10.5 Å². The second kappa shape index (κ2) is 5.54. The van der Waals surface area contributed by atoms with Crippen molar-refractivity contribution in [3.8, 4) is 0 Å². The lowest BCUT2D eigenvalue weighted by Gasteiger charge is -2.29. The number of hydrogen-bond donors (Lipinski definition) is 1. The zero-order valence-corrected chi connectivity index (χ0v) is 13.4. The Bertz CT molecular complexity index is 634. The van der Waals surface area contributed by atoms with Gasteiger partial charge in [0.2, 0.25) is 0 Å². The summed E-state index contributed by atoms with van der Waals surface area (Å²) in [7, 11) is -3.39. The molecule has 0 unspecified atom stereocenters. The van der Waals surface area contributed by atoms with E-state index in [9.17, 15) is 8.42 Å². The van der Waals surface area contributed by atoms with E-state index < -0.39 is 15.1 Å². The topological polar surface area (TPSA) is 69.4 Å². The predicted octanol–water partition coefficient (Wildman–Crippen LogP) is 2.28. The van der Waals surface area contributed by atoms with Gasteiger partial charge in [0.1, 0.15) is 5.25 Å². The third-order valence-electron chi connectivity index (χ3n) is 4.85. The maximum Gasteiger partial charge on any atom is 0.187 e. The van der Waals surface area contributed by atoms with Crippen LogP contribution in [0.25, 0.3) is 0 Å². The zero-order valence-electron chi connectivity index (χ0n) is 11.8. The molecular formula is C15H20ClNO3S. The van der Waals surface area contributed by atoms with Crippen molar-refractivity contribution in [1.82, 2.24) is 0 Å². The Hall–Kier alpha value is -0.620. The largest absolute Gasteiger partial charge is 0.379 e. The lowest BCUT2D eigenvalue weighted by molar-refractivity contribution is 0.0416. The summed E-state index contributed by atoms with van der Waals surface area (Å²) < 4.78 is 29.8. The fourth-order valence-corrected chi connectivity index (χ4v) is 5.30. The minimum Gasteiger partial charge on any atom is -0.379 e. The average Bonchev–Trinajstić information content (AvgIpc) is 2.85. The van der Waals surface area contributed by atoms with E-state index in [1.54, 1.807) is 12.1 Å². The second-order valence-electron chi connectivity index (χ2n) is 6.04. The predicted molar refractivity (Wildman–Crippen MR) is 82.4 cm³/mol. The number of rotatable bonds is 4. The van der Waals surface area contributed by atoms with Crippen molar-refractivity contribution >= 4 is 21.4 Å². The SMILES string of the molecule is NCC1(c2ccc(S(=O)(=O)C3COC3)c(Cl)c2)CCCC1. The summed E-state index contributed by atoms with van der Waals surface area (Å²) >= 11 is 6.28. The van der Waals surface area contributed by atoms with Gasteiger partial charge in [-0.25, -0.2) is 8.42 Å². The molecular weight excluding hydrogens is 310 g/mol. The van der Waals surface area contributed by atoms with Gasteiger partial charge in [0.25, 0.3) is 0 Å². The average molecular weight is 330 g/mol. The minimum atomic E-state index is -3.39. The van der Waals surface area contributed by atoms with E-state index in [-0.39, 0.29) is 23.5 Å². The van der Waals surface area contributed by atoms with Gasteiger partial charge in [-0.15, -0.1) is 0 Å². The molecule has 4 nitrogen and oxygen atoms in total. The van der Waals surface area contributed by atoms with Crippen molar-refractivity contribution in [2.24, 2.45) is 5.73 Å². The van der Waals surface area contributed by atoms with Gasteiger partial charge >= 0.3 is 0 Å². The van der Waals surface area contributed by atoms with Crippen LogP contribution in [-0.4, -0.2) is 33.4 Å². The molecule has 1 aromatic rings. The highest BCUT2D eigenvalue weighted by Crippen LogP contribution is 2.42. The van der Waals surface area contributed by atoms with Crippen molar-refractivity contribution in [3.05, 3.63) is 28.8 Å². The van der Waals surface area contributed by atoms with Crippen molar-refractivity contribution in [3.63, 3.8) is 0 Å². The summed E-state index contributed by atoms with van der Waals surface area (Å²) in [4.78, 5) is 0.214. The molecule has 0 radical (unpaired) electrons. The Morgan fingerprint density at radius 1 is 1.29 bits per heavy atom. The first-order valence-corrected chi connectivity index (χ1v) is 9.24. The molecule has 6 heteroatoms. The number of nitrogens with two attached hydrogens (primary N) is 1. The Balaban J connectivity index is 1.96. The monoisotopic (exact) mass is 329 g/mol. The molecule has 0 atom stereocenters. The van der Waals surface area contributed by atoms with Crippen molar-refractivity contribution in [2.75, 3.05) is 19.8 Å². The molecule has 116 valence electrons. The van der Waals surface area contributed by atoms with Crippen LogP contribution in [0.2, 0.25) is 5.02 Å². The van der Waals surface area contributed by atoms with Gasteiger partial charge in [-0.2, -0.15) is 0 Å². The Labute approximate surface area is 130 Å². The number of benzene rings is 1. The second-order valence-corrected chi connectivity index (χ2v) is 8.64. The van der Waals surface area contributed by atoms with Crippen molar-refractivity contribution in [2.45, 2.75) is 41.2 Å². The maximum absolute atomic E-state index is 12.4. The molecule has 1 saturated carbocycles. The van der Waals surface area contributed by atoms with E-state index in [1.165, 1.54) is 0 Å². The minimum absolute atomic E-state index is 0.0362. The highest BCUT2D eigenvalue weighted by atomic mass is 35.5. The van der Waals surface area contributed by atoms with Crippen LogP contribution in [0, 0.1) is 0 Å². The number of halogens is 1. The maximum atomic E-state index is 12.4. The van der Waals surface area contributed by atoms with Crippen LogP contribution in [-0.2, 0) is 20.0 Å². The number of ether oxygens (including phenoxy) is 1. The molecule has 1 saturated heterocycles. The molecule has 0 aromatic heterocycles. The van der Waals surface area contributed by atoms with Crippen LogP contribution < -0.4 is 5.73 Å². The molecule has 0 spiro atoms. The fraction of sp³-hybridized carbons (Fsp3) is 0.600. The Kier molecular flexibility index (Phi) is 4.03. The first-order valence-electron chi connectivity index (χ1n) is 7.31. The summed E-state index contributed by atoms with van der Waals surface area (Å²) in [6.45, 7) is 1.09. The summed E-state index contributed by atoms with van der Waals surface area (Å²) in [5.74, 6) is 0. The molecule has 1 aliphatic heterocycles. The lowest BCUT2D eigenvalue weighted by Crippen LogP contribution is -2.40. The smallest absolute Gasteiger partial charge is 0.187 e. The Morgan fingerprint density at radius 2 is 1.95 bits per heavy atom. The lowest BCUT2D eigenvalue weighted by atomic mass is 9.79. The highest BCUT2D eigenvalue weighted by molar-refractivity contribution is 7.92. The van der Waals surface area contributed by atoms with Crippen molar-refractivity contribution < 1.29 is 13.2 Å². The van der Waals surface area contributed by atoms with Gasteiger partial charge in [-0.3, -0.25) is 0 Å². The van der Waals surface area contributed by atoms with E-state index in [4.69, 9.17) is 22.1 Å². The van der Waals surface area contributed by atoms with Crippen molar-refractivity contribution in [1.29, 1.82) is 0 Å². The quantitative estimate of drug-likeness (QED) is 0.920. The van der Waals surface area contributed by atoms with Crippen LogP contribution >= 0.6 is 11.6 Å². The molecule has 1 aromatic carbocycles. The molecule has 0 amide bonds. The third kappa shape index (κ3) is 2.50. The highest BCUT2D eigenvalue weighted by Gasteiger charge is 2.37. The summed E-state index contributed by atoms with van der Waals surface area (Å²) in [5, 5.41) is -0.157. The number of hydrogen-bond acceptors (Lipinski definition) is 4. The van der Waals surface area contributed by atoms with E-state index >= 15 is 0 Å². The summed E-state index contributed by atoms with van der Waals surface area (Å²) in [6, 6.07) is 5.32. The Morgan fingerprint density at radius 3 is 2.43 bits per heavy atom. The van der Waals surface area contributed by atoms with Crippen LogP contribution in [0.5, 0.6) is 0 Å². The first-order chi connectivity index (χ1) is 9.99. The van der Waals surface area contributed by atoms with E-state index in [2.05, 4.69) is 0 Å². The molecule has 2 N–H and O–H groups in total. The van der Waals surface area contributed by atoms with Crippen LogP contribution in [0.4, 0.5) is 0 Å². The van der Waals surface area contributed by atoms with Gasteiger partial charge in [0.15, 0.2) is 9.84 Å². The van der Waals surface area contributed by atoms with Gasteiger partial charge in [0.05, 0.1) is 23.1 Å². The molecule has 3 rings (SSSR count). The molecule has 2 fully saturated rings. The van der Waals surface area contributed by atoms with E-state index in [0.29, 0.717) is 11.6 Å². The van der Waals surface area contributed by atoms with Crippen LogP contribution in [0.3, 0.4) is 0 Å². The van der Waals surface area contributed by atoms with Crippen LogP contribution in [0.1, 0.15) is 31.2 Å². The molecule has 2 aliphatic rings.